The zero-order valence-electron chi connectivity index (χ0n) is 11.2. The van der Waals surface area contributed by atoms with Gasteiger partial charge in [-0.3, -0.25) is 14.9 Å². The molecule has 1 rings (SSSR count). The zero-order chi connectivity index (χ0) is 14.8. The molecule has 1 atom stereocenters. The molecule has 1 amide bonds. The topological polar surface area (TPSA) is 85.1 Å². The lowest BCUT2D eigenvalue weighted by Gasteiger charge is -2.28. The third-order valence-electron chi connectivity index (χ3n) is 2.94. The smallest absolute Gasteiger partial charge is 0.300 e. The Labute approximate surface area is 116 Å². The molecule has 1 aromatic heterocycles. The van der Waals surface area contributed by atoms with Crippen molar-refractivity contribution in [1.82, 2.24) is 10.3 Å². The maximum Gasteiger partial charge on any atom is 0.300 e. The molecule has 104 valence electrons. The number of carbonyl (C=O) groups excluding carboxylic acids is 1. The summed E-state index contributed by atoms with van der Waals surface area (Å²) in [7, 11) is 0. The standard InChI is InChI=1S/C12H16ClN3O3/c1-7(12(2,3)4)15-11(17)8-5-10(13)14-6-9(8)16(18)19/h5-7H,1-4H3,(H,15,17). The average molecular weight is 286 g/mol. The van der Waals surface area contributed by atoms with Gasteiger partial charge in [0.05, 0.1) is 4.92 Å². The van der Waals surface area contributed by atoms with Crippen LogP contribution in [-0.4, -0.2) is 21.9 Å². The number of hydrogen-bond donors (Lipinski definition) is 1. The fraction of sp³-hybridized carbons (Fsp3) is 0.500. The first-order valence-electron chi connectivity index (χ1n) is 5.73. The monoisotopic (exact) mass is 285 g/mol. The molecule has 0 aliphatic heterocycles. The molecule has 1 aromatic rings. The van der Waals surface area contributed by atoms with E-state index in [0.717, 1.165) is 6.20 Å². The van der Waals surface area contributed by atoms with E-state index in [1.807, 2.05) is 27.7 Å². The molecular weight excluding hydrogens is 270 g/mol. The van der Waals surface area contributed by atoms with Gasteiger partial charge >= 0.3 is 0 Å². The van der Waals surface area contributed by atoms with E-state index in [9.17, 15) is 14.9 Å². The highest BCUT2D eigenvalue weighted by Gasteiger charge is 2.26. The van der Waals surface area contributed by atoms with Gasteiger partial charge in [0, 0.05) is 6.04 Å². The average Bonchev–Trinajstić information content (AvgIpc) is 2.26. The van der Waals surface area contributed by atoms with Crippen LogP contribution < -0.4 is 5.32 Å². The lowest BCUT2D eigenvalue weighted by atomic mass is 9.88. The second-order valence-electron chi connectivity index (χ2n) is 5.34. The zero-order valence-corrected chi connectivity index (χ0v) is 12.0. The van der Waals surface area contributed by atoms with Crippen LogP contribution in [0.4, 0.5) is 5.69 Å². The number of halogens is 1. The van der Waals surface area contributed by atoms with E-state index in [1.165, 1.54) is 6.07 Å². The van der Waals surface area contributed by atoms with Crippen molar-refractivity contribution in [2.24, 2.45) is 5.41 Å². The second kappa shape index (κ2) is 5.52. The lowest BCUT2D eigenvalue weighted by molar-refractivity contribution is -0.385. The molecule has 0 aromatic carbocycles. The fourth-order valence-corrected chi connectivity index (χ4v) is 1.40. The lowest BCUT2D eigenvalue weighted by Crippen LogP contribution is -2.41. The van der Waals surface area contributed by atoms with Gasteiger partial charge in [-0.15, -0.1) is 0 Å². The van der Waals surface area contributed by atoms with Crippen molar-refractivity contribution >= 4 is 23.2 Å². The molecule has 0 radical (unpaired) electrons. The van der Waals surface area contributed by atoms with Crippen LogP contribution in [0, 0.1) is 15.5 Å². The van der Waals surface area contributed by atoms with Crippen molar-refractivity contribution < 1.29 is 9.72 Å². The normalized spacial score (nSPS) is 12.9. The van der Waals surface area contributed by atoms with Crippen LogP contribution >= 0.6 is 11.6 Å². The van der Waals surface area contributed by atoms with Crippen molar-refractivity contribution in [3.63, 3.8) is 0 Å². The van der Waals surface area contributed by atoms with Gasteiger partial charge in [0.15, 0.2) is 0 Å². The third-order valence-corrected chi connectivity index (χ3v) is 3.14. The molecule has 0 fully saturated rings. The van der Waals surface area contributed by atoms with Gasteiger partial charge in [0.25, 0.3) is 11.6 Å². The van der Waals surface area contributed by atoms with Gasteiger partial charge in [-0.25, -0.2) is 4.98 Å². The summed E-state index contributed by atoms with van der Waals surface area (Å²) in [5, 5.41) is 13.6. The molecule has 19 heavy (non-hydrogen) atoms. The molecular formula is C12H16ClN3O3. The Morgan fingerprint density at radius 2 is 2.11 bits per heavy atom. The predicted molar refractivity (Wildman–Crippen MR) is 72.3 cm³/mol. The van der Waals surface area contributed by atoms with Gasteiger partial charge in [0.2, 0.25) is 0 Å². The highest BCUT2D eigenvalue weighted by atomic mass is 35.5. The molecule has 1 heterocycles. The Kier molecular flexibility index (Phi) is 4.47. The van der Waals surface area contributed by atoms with Gasteiger partial charge in [-0.1, -0.05) is 32.4 Å². The number of pyridine rings is 1. The fourth-order valence-electron chi connectivity index (χ4n) is 1.24. The summed E-state index contributed by atoms with van der Waals surface area (Å²) in [6, 6.07) is 1.05. The van der Waals surface area contributed by atoms with E-state index < -0.39 is 10.8 Å². The van der Waals surface area contributed by atoms with Crippen LogP contribution in [0.25, 0.3) is 0 Å². The number of nitro groups is 1. The number of carbonyl (C=O) groups is 1. The summed E-state index contributed by atoms with van der Waals surface area (Å²) in [6.45, 7) is 7.73. The minimum absolute atomic E-state index is 0.0409. The molecule has 7 heteroatoms. The van der Waals surface area contributed by atoms with Gasteiger partial charge in [0.1, 0.15) is 16.9 Å². The van der Waals surface area contributed by atoms with Crippen LogP contribution in [-0.2, 0) is 0 Å². The second-order valence-corrected chi connectivity index (χ2v) is 5.73. The summed E-state index contributed by atoms with van der Waals surface area (Å²) in [5.74, 6) is -0.529. The maximum atomic E-state index is 12.1. The maximum absolute atomic E-state index is 12.1. The SMILES string of the molecule is CC(NC(=O)c1cc(Cl)ncc1[N+](=O)[O-])C(C)(C)C. The van der Waals surface area contributed by atoms with Crippen LogP contribution in [0.1, 0.15) is 38.1 Å². The van der Waals surface area contributed by atoms with Crippen molar-refractivity contribution in [1.29, 1.82) is 0 Å². The molecule has 0 saturated heterocycles. The van der Waals surface area contributed by atoms with E-state index in [0.29, 0.717) is 0 Å². The molecule has 6 nitrogen and oxygen atoms in total. The summed E-state index contributed by atoms with van der Waals surface area (Å²) in [6.07, 6.45) is 0.985. The van der Waals surface area contributed by atoms with Crippen LogP contribution in [0.3, 0.4) is 0 Å². The molecule has 0 bridgehead atoms. The summed E-state index contributed by atoms with van der Waals surface area (Å²) in [4.78, 5) is 25.9. The third kappa shape index (κ3) is 3.89. The largest absolute Gasteiger partial charge is 0.349 e. The first kappa shape index (κ1) is 15.4. The number of nitrogens with one attached hydrogen (secondary N) is 1. The van der Waals surface area contributed by atoms with Crippen molar-refractivity contribution in [2.75, 3.05) is 0 Å². The van der Waals surface area contributed by atoms with Crippen LogP contribution in [0.2, 0.25) is 5.15 Å². The minimum Gasteiger partial charge on any atom is -0.349 e. The van der Waals surface area contributed by atoms with Crippen molar-refractivity contribution in [3.8, 4) is 0 Å². The summed E-state index contributed by atoms with van der Waals surface area (Å²) in [5.41, 5.74) is -0.592. The Morgan fingerprint density at radius 1 is 1.53 bits per heavy atom. The van der Waals surface area contributed by atoms with Crippen LogP contribution in [0.5, 0.6) is 0 Å². The summed E-state index contributed by atoms with van der Waals surface area (Å²) >= 11 is 5.68. The van der Waals surface area contributed by atoms with Crippen molar-refractivity contribution in [2.45, 2.75) is 33.7 Å². The quantitative estimate of drug-likeness (QED) is 0.526. The minimum atomic E-state index is -0.653. The molecule has 0 aliphatic rings. The van der Waals surface area contributed by atoms with E-state index >= 15 is 0 Å². The molecule has 1 N–H and O–H groups in total. The molecule has 0 spiro atoms. The Morgan fingerprint density at radius 3 is 2.58 bits per heavy atom. The molecule has 0 saturated carbocycles. The number of hydrogen-bond acceptors (Lipinski definition) is 4. The van der Waals surface area contributed by atoms with E-state index in [1.54, 1.807) is 0 Å². The van der Waals surface area contributed by atoms with E-state index in [-0.39, 0.29) is 27.9 Å². The predicted octanol–water partition coefficient (Wildman–Crippen LogP) is 2.81. The van der Waals surface area contributed by atoms with Gasteiger partial charge in [-0.05, 0) is 18.4 Å². The number of aromatic nitrogens is 1. The first-order chi connectivity index (χ1) is 8.62. The Bertz CT molecular complexity index is 511. The highest BCUT2D eigenvalue weighted by Crippen LogP contribution is 2.23. The molecule has 1 unspecified atom stereocenters. The van der Waals surface area contributed by atoms with Gasteiger partial charge < -0.3 is 5.32 Å². The Hall–Kier alpha value is -1.69. The van der Waals surface area contributed by atoms with E-state index in [4.69, 9.17) is 11.6 Å². The van der Waals surface area contributed by atoms with Gasteiger partial charge in [-0.2, -0.15) is 0 Å². The number of amides is 1. The number of nitrogens with zero attached hydrogens (tertiary/aromatic N) is 2. The van der Waals surface area contributed by atoms with Crippen molar-refractivity contribution in [3.05, 3.63) is 33.1 Å². The Balaban J connectivity index is 3.06. The highest BCUT2D eigenvalue weighted by molar-refractivity contribution is 6.29. The first-order valence-corrected chi connectivity index (χ1v) is 6.11. The molecule has 0 aliphatic carbocycles. The summed E-state index contributed by atoms with van der Waals surface area (Å²) < 4.78 is 0. The van der Waals surface area contributed by atoms with E-state index in [2.05, 4.69) is 10.3 Å². The van der Waals surface area contributed by atoms with Crippen LogP contribution in [0.15, 0.2) is 12.3 Å². The number of rotatable bonds is 3.